The number of carbonyl (C=O) groups is 1. The van der Waals surface area contributed by atoms with Crippen molar-refractivity contribution in [3.05, 3.63) is 11.1 Å². The summed E-state index contributed by atoms with van der Waals surface area (Å²) in [6.45, 7) is 4.80. The summed E-state index contributed by atoms with van der Waals surface area (Å²) in [5, 5.41) is 5.36. The van der Waals surface area contributed by atoms with Crippen molar-refractivity contribution in [2.45, 2.75) is 32.8 Å². The third-order valence-corrected chi connectivity index (χ3v) is 2.99. The number of rotatable bonds is 7. The topological polar surface area (TPSA) is 77.2 Å². The molecule has 0 radical (unpaired) electrons. The largest absolute Gasteiger partial charge is 0.375 e. The third-order valence-electron chi connectivity index (χ3n) is 2.26. The van der Waals surface area contributed by atoms with Crippen molar-refractivity contribution in [2.24, 2.45) is 0 Å². The zero-order valence-corrected chi connectivity index (χ0v) is 11.0. The number of nitrogen functional groups attached to an aromatic ring is 1. The van der Waals surface area contributed by atoms with Crippen molar-refractivity contribution in [3.63, 3.8) is 0 Å². The Morgan fingerprint density at radius 1 is 1.71 bits per heavy atom. The van der Waals surface area contributed by atoms with Crippen molar-refractivity contribution in [1.82, 2.24) is 10.3 Å². The van der Waals surface area contributed by atoms with Gasteiger partial charge in [0.25, 0.3) is 0 Å². The van der Waals surface area contributed by atoms with E-state index in [9.17, 15) is 4.79 Å². The first-order valence-electron chi connectivity index (χ1n) is 5.72. The van der Waals surface area contributed by atoms with Gasteiger partial charge in [0.05, 0.1) is 5.69 Å². The number of ether oxygens (including phenoxy) is 1. The molecule has 5 nitrogen and oxygen atoms in total. The summed E-state index contributed by atoms with van der Waals surface area (Å²) in [7, 11) is 0. The summed E-state index contributed by atoms with van der Waals surface area (Å²) in [6.07, 6.45) is 1.31. The highest BCUT2D eigenvalue weighted by atomic mass is 32.1. The third kappa shape index (κ3) is 5.14. The Bertz CT molecular complexity index is 354. The Hall–Kier alpha value is -1.14. The molecule has 0 aliphatic carbocycles. The van der Waals surface area contributed by atoms with Crippen LogP contribution in [0.5, 0.6) is 0 Å². The fourth-order valence-corrected chi connectivity index (χ4v) is 1.99. The molecule has 1 atom stereocenters. The van der Waals surface area contributed by atoms with Crippen LogP contribution in [0, 0.1) is 0 Å². The van der Waals surface area contributed by atoms with E-state index in [0.29, 0.717) is 18.3 Å². The van der Waals surface area contributed by atoms with Crippen LogP contribution in [0.2, 0.25) is 0 Å². The summed E-state index contributed by atoms with van der Waals surface area (Å²) >= 11 is 1.44. The summed E-state index contributed by atoms with van der Waals surface area (Å²) in [5.74, 6) is -0.0651. The maximum absolute atomic E-state index is 11.5. The first-order chi connectivity index (χ1) is 8.13. The van der Waals surface area contributed by atoms with Crippen molar-refractivity contribution < 1.29 is 9.53 Å². The number of thiazole rings is 1. The number of anilines is 1. The molecule has 1 aromatic heterocycles. The molecule has 0 aliphatic rings. The average Bonchev–Trinajstić information content (AvgIpc) is 2.70. The second-order valence-electron chi connectivity index (χ2n) is 3.67. The molecule has 0 aliphatic heterocycles. The van der Waals surface area contributed by atoms with E-state index in [4.69, 9.17) is 10.5 Å². The molecular formula is C11H19N3O2S. The highest BCUT2D eigenvalue weighted by Gasteiger charge is 2.11. The number of amides is 1. The minimum Gasteiger partial charge on any atom is -0.375 e. The molecule has 0 saturated carbocycles. The van der Waals surface area contributed by atoms with Crippen molar-refractivity contribution >= 4 is 22.4 Å². The van der Waals surface area contributed by atoms with Gasteiger partial charge in [0.1, 0.15) is 6.10 Å². The number of hydrogen-bond acceptors (Lipinski definition) is 5. The van der Waals surface area contributed by atoms with E-state index in [1.807, 2.05) is 12.3 Å². The van der Waals surface area contributed by atoms with E-state index in [-0.39, 0.29) is 12.0 Å². The van der Waals surface area contributed by atoms with E-state index in [1.54, 1.807) is 6.92 Å². The average molecular weight is 257 g/mol. The molecule has 0 aromatic carbocycles. The van der Waals surface area contributed by atoms with Crippen molar-refractivity contribution in [3.8, 4) is 0 Å². The Kier molecular flexibility index (Phi) is 5.93. The van der Waals surface area contributed by atoms with Gasteiger partial charge in [-0.3, -0.25) is 4.79 Å². The smallest absolute Gasteiger partial charge is 0.248 e. The van der Waals surface area contributed by atoms with Crippen molar-refractivity contribution in [1.29, 1.82) is 0 Å². The van der Waals surface area contributed by atoms with Gasteiger partial charge >= 0.3 is 0 Å². The lowest BCUT2D eigenvalue weighted by Crippen LogP contribution is -2.35. The second kappa shape index (κ2) is 7.24. The Balaban J connectivity index is 2.13. The molecule has 0 saturated heterocycles. The van der Waals surface area contributed by atoms with E-state index in [0.717, 1.165) is 18.5 Å². The van der Waals surface area contributed by atoms with Gasteiger partial charge < -0.3 is 15.8 Å². The molecule has 1 aromatic rings. The molecule has 6 heteroatoms. The van der Waals surface area contributed by atoms with Crippen LogP contribution < -0.4 is 11.1 Å². The number of hydrogen-bond donors (Lipinski definition) is 2. The van der Waals surface area contributed by atoms with E-state index in [2.05, 4.69) is 10.3 Å². The van der Waals surface area contributed by atoms with E-state index in [1.165, 1.54) is 11.3 Å². The number of aryl methyl sites for hydroxylation is 1. The maximum Gasteiger partial charge on any atom is 0.248 e. The van der Waals surface area contributed by atoms with Crippen LogP contribution in [0.4, 0.5) is 5.13 Å². The highest BCUT2D eigenvalue weighted by Crippen LogP contribution is 2.12. The van der Waals surface area contributed by atoms with Crippen LogP contribution in [0.1, 0.15) is 26.0 Å². The van der Waals surface area contributed by atoms with Crippen LogP contribution >= 0.6 is 11.3 Å². The highest BCUT2D eigenvalue weighted by molar-refractivity contribution is 7.13. The summed E-state index contributed by atoms with van der Waals surface area (Å²) < 4.78 is 5.18. The predicted molar refractivity (Wildman–Crippen MR) is 68.9 cm³/mol. The molecular weight excluding hydrogens is 238 g/mol. The SMILES string of the molecule is CCO[C@H](C)C(=O)NCCCc1csc(N)n1. The molecule has 17 heavy (non-hydrogen) atoms. The van der Waals surface area contributed by atoms with Crippen LogP contribution in [0.15, 0.2) is 5.38 Å². The van der Waals surface area contributed by atoms with Crippen LogP contribution in [0.25, 0.3) is 0 Å². The molecule has 1 amide bonds. The van der Waals surface area contributed by atoms with Crippen LogP contribution in [-0.4, -0.2) is 30.1 Å². The molecule has 96 valence electrons. The standard InChI is InChI=1S/C11H19N3O2S/c1-3-16-8(2)10(15)13-6-4-5-9-7-17-11(12)14-9/h7-8H,3-6H2,1-2H3,(H2,12,14)(H,13,15)/t8-/m1/s1. The lowest BCUT2D eigenvalue weighted by atomic mass is 10.2. The predicted octanol–water partition coefficient (Wildman–Crippen LogP) is 1.20. The molecule has 1 heterocycles. The summed E-state index contributed by atoms with van der Waals surface area (Å²) in [4.78, 5) is 15.6. The number of carbonyl (C=O) groups excluding carboxylic acids is 1. The Morgan fingerprint density at radius 3 is 3.06 bits per heavy atom. The quantitative estimate of drug-likeness (QED) is 0.720. The fourth-order valence-electron chi connectivity index (χ4n) is 1.39. The van der Waals surface area contributed by atoms with Gasteiger partial charge in [0.15, 0.2) is 5.13 Å². The van der Waals surface area contributed by atoms with Gasteiger partial charge in [-0.25, -0.2) is 4.98 Å². The van der Waals surface area contributed by atoms with E-state index >= 15 is 0 Å². The monoisotopic (exact) mass is 257 g/mol. The number of nitrogens with two attached hydrogens (primary N) is 1. The zero-order chi connectivity index (χ0) is 12.7. The lowest BCUT2D eigenvalue weighted by Gasteiger charge is -2.11. The first-order valence-corrected chi connectivity index (χ1v) is 6.60. The zero-order valence-electron chi connectivity index (χ0n) is 10.2. The van der Waals surface area contributed by atoms with E-state index < -0.39 is 0 Å². The molecule has 0 unspecified atom stereocenters. The molecule has 1 rings (SSSR count). The minimum atomic E-state index is -0.380. The van der Waals surface area contributed by atoms with Gasteiger partial charge in [-0.15, -0.1) is 11.3 Å². The lowest BCUT2D eigenvalue weighted by molar-refractivity contribution is -0.131. The van der Waals surface area contributed by atoms with Gasteiger partial charge in [-0.05, 0) is 26.7 Å². The van der Waals surface area contributed by atoms with Crippen LogP contribution in [-0.2, 0) is 16.0 Å². The number of nitrogens with one attached hydrogen (secondary N) is 1. The Morgan fingerprint density at radius 2 is 2.47 bits per heavy atom. The van der Waals surface area contributed by atoms with Gasteiger partial charge in [0, 0.05) is 18.5 Å². The van der Waals surface area contributed by atoms with Gasteiger partial charge in [-0.2, -0.15) is 0 Å². The van der Waals surface area contributed by atoms with Gasteiger partial charge in [0.2, 0.25) is 5.91 Å². The summed E-state index contributed by atoms with van der Waals surface area (Å²) in [5.41, 5.74) is 6.51. The second-order valence-corrected chi connectivity index (χ2v) is 4.56. The fraction of sp³-hybridized carbons (Fsp3) is 0.636. The molecule has 0 bridgehead atoms. The number of nitrogens with zero attached hydrogens (tertiary/aromatic N) is 1. The van der Waals surface area contributed by atoms with Gasteiger partial charge in [-0.1, -0.05) is 0 Å². The maximum atomic E-state index is 11.5. The molecule has 0 spiro atoms. The van der Waals surface area contributed by atoms with Crippen LogP contribution in [0.3, 0.4) is 0 Å². The molecule has 0 fully saturated rings. The first kappa shape index (κ1) is 13.9. The summed E-state index contributed by atoms with van der Waals surface area (Å²) in [6, 6.07) is 0. The minimum absolute atomic E-state index is 0.0651. The number of aromatic nitrogens is 1. The Labute approximate surface area is 105 Å². The molecule has 3 N–H and O–H groups in total. The normalized spacial score (nSPS) is 12.4. The van der Waals surface area contributed by atoms with Crippen molar-refractivity contribution in [2.75, 3.05) is 18.9 Å².